The monoisotopic (exact) mass is 293 g/mol. The molecule has 1 aromatic heterocycles. The fourth-order valence-corrected chi connectivity index (χ4v) is 2.16. The zero-order valence-corrected chi connectivity index (χ0v) is 12.9. The van der Waals surface area contributed by atoms with Crippen LogP contribution in [0.4, 0.5) is 0 Å². The molecule has 0 aliphatic carbocycles. The van der Waals surface area contributed by atoms with E-state index in [0.29, 0.717) is 17.8 Å². The van der Waals surface area contributed by atoms with Gasteiger partial charge >= 0.3 is 0 Å². The first-order valence-electron chi connectivity index (χ1n) is 6.80. The summed E-state index contributed by atoms with van der Waals surface area (Å²) in [7, 11) is 3.94. The molecule has 1 rings (SSSR count). The van der Waals surface area contributed by atoms with Crippen molar-refractivity contribution in [3.8, 4) is 0 Å². The predicted molar refractivity (Wildman–Crippen MR) is 81.5 cm³/mol. The number of likely N-dealkylation sites (N-methyl/N-ethyl adjacent to an activating group) is 2. The van der Waals surface area contributed by atoms with Gasteiger partial charge in [0.15, 0.2) is 5.84 Å². The van der Waals surface area contributed by atoms with Gasteiger partial charge in [-0.3, -0.25) is 9.78 Å². The number of nitrogens with zero attached hydrogens (tertiary/aromatic N) is 4. The van der Waals surface area contributed by atoms with Crippen molar-refractivity contribution in [1.82, 2.24) is 14.8 Å². The topological polar surface area (TPSA) is 95.0 Å². The number of carbonyl (C=O) groups excluding carboxylic acids is 1. The largest absolute Gasteiger partial charge is 0.409 e. The Morgan fingerprint density at radius 1 is 1.48 bits per heavy atom. The second-order valence-electron chi connectivity index (χ2n) is 5.12. The lowest BCUT2D eigenvalue weighted by Crippen LogP contribution is -2.44. The Morgan fingerprint density at radius 2 is 2.14 bits per heavy atom. The average Bonchev–Trinajstić information content (AvgIpc) is 2.46. The van der Waals surface area contributed by atoms with Crippen LogP contribution in [-0.2, 0) is 0 Å². The third-order valence-electron chi connectivity index (χ3n) is 3.15. The Bertz CT molecular complexity index is 499. The third kappa shape index (κ3) is 4.42. The van der Waals surface area contributed by atoms with Gasteiger partial charge in [0, 0.05) is 30.9 Å². The molecular weight excluding hydrogens is 270 g/mol. The maximum atomic E-state index is 12.5. The van der Waals surface area contributed by atoms with E-state index in [1.54, 1.807) is 17.0 Å². The van der Waals surface area contributed by atoms with Gasteiger partial charge < -0.3 is 20.7 Å². The molecule has 0 saturated carbocycles. The van der Waals surface area contributed by atoms with Gasteiger partial charge in [0.2, 0.25) is 0 Å². The van der Waals surface area contributed by atoms with Crippen LogP contribution in [0.1, 0.15) is 29.9 Å². The van der Waals surface area contributed by atoms with Crippen molar-refractivity contribution in [2.45, 2.75) is 19.9 Å². The van der Waals surface area contributed by atoms with Crippen LogP contribution in [0.3, 0.4) is 0 Å². The molecule has 116 valence electrons. The van der Waals surface area contributed by atoms with E-state index >= 15 is 0 Å². The van der Waals surface area contributed by atoms with E-state index in [1.165, 1.54) is 6.20 Å². The van der Waals surface area contributed by atoms with Crippen LogP contribution in [0.2, 0.25) is 0 Å². The number of oxime groups is 1. The summed E-state index contributed by atoms with van der Waals surface area (Å²) in [5.74, 6) is -0.160. The van der Waals surface area contributed by atoms with Crippen molar-refractivity contribution >= 4 is 11.7 Å². The van der Waals surface area contributed by atoms with Gasteiger partial charge in [-0.25, -0.2) is 0 Å². The maximum absolute atomic E-state index is 12.5. The number of amides is 1. The number of rotatable bonds is 6. The standard InChI is InChI=1S/C14H23N5O2/c1-5-19(10(2)9-18(3)4)14(20)12-7-6-11(8-16-12)13(15)17-21/h6-8,10,21H,5,9H2,1-4H3,(H2,15,17). The van der Waals surface area contributed by atoms with Crippen molar-refractivity contribution in [2.24, 2.45) is 10.9 Å². The van der Waals surface area contributed by atoms with Gasteiger partial charge in [-0.1, -0.05) is 5.16 Å². The van der Waals surface area contributed by atoms with Gasteiger partial charge in [-0.2, -0.15) is 0 Å². The Morgan fingerprint density at radius 3 is 2.57 bits per heavy atom. The molecule has 21 heavy (non-hydrogen) atoms. The number of hydrogen-bond donors (Lipinski definition) is 2. The normalized spacial score (nSPS) is 13.3. The molecule has 0 aliphatic heterocycles. The van der Waals surface area contributed by atoms with E-state index in [2.05, 4.69) is 10.1 Å². The Labute approximate surface area is 125 Å². The lowest BCUT2D eigenvalue weighted by molar-refractivity contribution is 0.0673. The van der Waals surface area contributed by atoms with Gasteiger partial charge in [0.05, 0.1) is 0 Å². The fourth-order valence-electron chi connectivity index (χ4n) is 2.16. The summed E-state index contributed by atoms with van der Waals surface area (Å²) in [5, 5.41) is 11.5. The third-order valence-corrected chi connectivity index (χ3v) is 3.15. The molecule has 3 N–H and O–H groups in total. The van der Waals surface area contributed by atoms with Crippen molar-refractivity contribution in [3.63, 3.8) is 0 Å². The van der Waals surface area contributed by atoms with Crippen molar-refractivity contribution in [2.75, 3.05) is 27.2 Å². The second kappa shape index (κ2) is 7.58. The molecule has 1 unspecified atom stereocenters. The molecule has 0 aliphatic rings. The molecule has 1 aromatic rings. The lowest BCUT2D eigenvalue weighted by atomic mass is 10.2. The Balaban J connectivity index is 2.90. The summed E-state index contributed by atoms with van der Waals surface area (Å²) in [5.41, 5.74) is 6.28. The van der Waals surface area contributed by atoms with Crippen LogP contribution >= 0.6 is 0 Å². The lowest BCUT2D eigenvalue weighted by Gasteiger charge is -2.29. The molecule has 0 aromatic carbocycles. The average molecular weight is 293 g/mol. The fraction of sp³-hybridized carbons (Fsp3) is 0.500. The summed E-state index contributed by atoms with van der Waals surface area (Å²) in [6.07, 6.45) is 1.42. The van der Waals surface area contributed by atoms with Gasteiger partial charge in [0.1, 0.15) is 5.69 Å². The minimum Gasteiger partial charge on any atom is -0.409 e. The first-order chi connectivity index (χ1) is 9.90. The number of pyridine rings is 1. The SMILES string of the molecule is CCN(C(=O)c1ccc(/C(N)=N/O)cn1)C(C)CN(C)C. The highest BCUT2D eigenvalue weighted by Crippen LogP contribution is 2.08. The number of aromatic nitrogens is 1. The van der Waals surface area contributed by atoms with Crippen LogP contribution in [0.15, 0.2) is 23.5 Å². The van der Waals surface area contributed by atoms with E-state index in [4.69, 9.17) is 10.9 Å². The van der Waals surface area contributed by atoms with Crippen molar-refractivity contribution in [1.29, 1.82) is 0 Å². The van der Waals surface area contributed by atoms with Crippen molar-refractivity contribution < 1.29 is 10.0 Å². The summed E-state index contributed by atoms with van der Waals surface area (Å²) in [6, 6.07) is 3.28. The van der Waals surface area contributed by atoms with E-state index in [9.17, 15) is 4.79 Å². The van der Waals surface area contributed by atoms with Crippen LogP contribution in [0, 0.1) is 0 Å². The molecule has 1 amide bonds. The number of amidine groups is 1. The summed E-state index contributed by atoms with van der Waals surface area (Å²) in [6.45, 7) is 5.33. The second-order valence-corrected chi connectivity index (χ2v) is 5.12. The molecule has 7 heteroatoms. The highest BCUT2D eigenvalue weighted by atomic mass is 16.4. The summed E-state index contributed by atoms with van der Waals surface area (Å²) < 4.78 is 0. The van der Waals surface area contributed by atoms with E-state index in [1.807, 2.05) is 32.8 Å². The first kappa shape index (κ1) is 16.9. The highest BCUT2D eigenvalue weighted by Gasteiger charge is 2.21. The molecule has 0 spiro atoms. The molecule has 7 nitrogen and oxygen atoms in total. The zero-order valence-electron chi connectivity index (χ0n) is 12.9. The quantitative estimate of drug-likeness (QED) is 0.346. The number of hydrogen-bond acceptors (Lipinski definition) is 5. The van der Waals surface area contributed by atoms with Crippen molar-refractivity contribution in [3.05, 3.63) is 29.6 Å². The maximum Gasteiger partial charge on any atom is 0.272 e. The van der Waals surface area contributed by atoms with Crippen LogP contribution < -0.4 is 5.73 Å². The summed E-state index contributed by atoms with van der Waals surface area (Å²) in [4.78, 5) is 20.4. The van der Waals surface area contributed by atoms with E-state index in [0.717, 1.165) is 6.54 Å². The highest BCUT2D eigenvalue weighted by molar-refractivity contribution is 5.98. The number of nitrogens with two attached hydrogens (primary N) is 1. The molecule has 0 saturated heterocycles. The molecule has 0 bridgehead atoms. The first-order valence-corrected chi connectivity index (χ1v) is 6.80. The van der Waals surface area contributed by atoms with Crippen LogP contribution in [0.5, 0.6) is 0 Å². The van der Waals surface area contributed by atoms with E-state index in [-0.39, 0.29) is 17.8 Å². The smallest absolute Gasteiger partial charge is 0.272 e. The van der Waals surface area contributed by atoms with Gasteiger partial charge in [-0.05, 0) is 40.1 Å². The Hall–Kier alpha value is -2.15. The Kier molecular flexibility index (Phi) is 6.10. The molecule has 1 heterocycles. The van der Waals surface area contributed by atoms with Gasteiger partial charge in [0.25, 0.3) is 5.91 Å². The minimum absolute atomic E-state index is 0.0326. The molecule has 0 fully saturated rings. The zero-order chi connectivity index (χ0) is 16.0. The predicted octanol–water partition coefficient (Wildman–Crippen LogP) is 0.588. The number of carbonyl (C=O) groups is 1. The van der Waals surface area contributed by atoms with Gasteiger partial charge in [-0.15, -0.1) is 0 Å². The summed E-state index contributed by atoms with van der Waals surface area (Å²) >= 11 is 0. The van der Waals surface area contributed by atoms with Crippen LogP contribution in [0.25, 0.3) is 0 Å². The minimum atomic E-state index is -0.127. The molecule has 1 atom stereocenters. The van der Waals surface area contributed by atoms with E-state index < -0.39 is 0 Å². The van der Waals surface area contributed by atoms with Crippen LogP contribution in [-0.4, -0.2) is 65.0 Å². The molecule has 0 radical (unpaired) electrons. The molecular formula is C14H23N5O2.